The molecule has 3 aromatic rings. The fourth-order valence-electron chi connectivity index (χ4n) is 2.55. The highest BCUT2D eigenvalue weighted by Crippen LogP contribution is 2.18. The highest BCUT2D eigenvalue weighted by atomic mass is 16.6. The van der Waals surface area contributed by atoms with Crippen molar-refractivity contribution in [3.63, 3.8) is 0 Å². The summed E-state index contributed by atoms with van der Waals surface area (Å²) in [5.41, 5.74) is 2.33. The number of amides is 1. The van der Waals surface area contributed by atoms with Gasteiger partial charge in [-0.05, 0) is 23.3 Å². The van der Waals surface area contributed by atoms with Crippen molar-refractivity contribution in [3.8, 4) is 0 Å². The van der Waals surface area contributed by atoms with Crippen LogP contribution in [-0.2, 0) is 17.9 Å². The average Bonchev–Trinajstić information content (AvgIpc) is 3.18. The largest absolute Gasteiger partial charge is 0.348 e. The summed E-state index contributed by atoms with van der Waals surface area (Å²) >= 11 is 0. The Hall–Kier alpha value is -3.81. The minimum atomic E-state index is -0.474. The van der Waals surface area contributed by atoms with Crippen molar-refractivity contribution in [2.75, 3.05) is 0 Å². The van der Waals surface area contributed by atoms with Crippen molar-refractivity contribution in [3.05, 3.63) is 94.1 Å². The molecule has 27 heavy (non-hydrogen) atoms. The number of hydrogen-bond acceptors (Lipinski definition) is 5. The minimum absolute atomic E-state index is 0.0395. The number of benzene rings is 2. The lowest BCUT2D eigenvalue weighted by Gasteiger charge is -2.06. The lowest BCUT2D eigenvalue weighted by molar-refractivity contribution is -0.385. The van der Waals surface area contributed by atoms with E-state index in [4.69, 9.17) is 0 Å². The van der Waals surface area contributed by atoms with Crippen LogP contribution in [0.4, 0.5) is 5.69 Å². The quantitative estimate of drug-likeness (QED) is 0.395. The van der Waals surface area contributed by atoms with E-state index in [0.29, 0.717) is 18.7 Å². The Bertz CT molecular complexity index is 967. The second kappa shape index (κ2) is 8.52. The van der Waals surface area contributed by atoms with Crippen LogP contribution in [0.2, 0.25) is 0 Å². The van der Waals surface area contributed by atoms with E-state index in [1.165, 1.54) is 24.5 Å². The summed E-state index contributed by atoms with van der Waals surface area (Å²) in [6.07, 6.45) is 5.85. The van der Waals surface area contributed by atoms with E-state index in [2.05, 4.69) is 15.4 Å². The third kappa shape index (κ3) is 5.08. The minimum Gasteiger partial charge on any atom is -0.348 e. The highest BCUT2D eigenvalue weighted by molar-refractivity contribution is 5.92. The number of carbonyl (C=O) groups is 1. The Morgan fingerprint density at radius 3 is 2.78 bits per heavy atom. The van der Waals surface area contributed by atoms with Crippen LogP contribution in [-0.4, -0.2) is 25.6 Å². The standard InChI is InChI=1S/C19H17N5O3/c25-19(9-8-17-6-1-2-7-18(17)24(26)27)21-11-15-4-3-5-16(10-15)12-23-14-20-13-22-23/h1-10,13-14H,11-12H2,(H,21,25). The number of rotatable bonds is 7. The van der Waals surface area contributed by atoms with Gasteiger partial charge in [0.1, 0.15) is 12.7 Å². The average molecular weight is 363 g/mol. The number of aromatic nitrogens is 3. The zero-order valence-corrected chi connectivity index (χ0v) is 14.4. The molecule has 0 spiro atoms. The number of nitro benzene ring substituents is 1. The van der Waals surface area contributed by atoms with E-state index < -0.39 is 4.92 Å². The first-order chi connectivity index (χ1) is 13.1. The van der Waals surface area contributed by atoms with E-state index in [-0.39, 0.29) is 11.6 Å². The fourth-order valence-corrected chi connectivity index (χ4v) is 2.55. The summed E-state index contributed by atoms with van der Waals surface area (Å²) in [6.45, 7) is 0.949. The Kier molecular flexibility index (Phi) is 5.68. The van der Waals surface area contributed by atoms with Crippen molar-refractivity contribution in [1.82, 2.24) is 20.1 Å². The predicted octanol–water partition coefficient (Wildman–Crippen LogP) is 2.56. The van der Waals surface area contributed by atoms with Gasteiger partial charge in [-0.15, -0.1) is 0 Å². The van der Waals surface area contributed by atoms with Gasteiger partial charge in [-0.1, -0.05) is 36.4 Å². The lowest BCUT2D eigenvalue weighted by Crippen LogP contribution is -2.20. The van der Waals surface area contributed by atoms with Gasteiger partial charge in [-0.3, -0.25) is 14.9 Å². The van der Waals surface area contributed by atoms with Crippen LogP contribution < -0.4 is 5.32 Å². The molecule has 136 valence electrons. The van der Waals surface area contributed by atoms with E-state index in [9.17, 15) is 14.9 Å². The van der Waals surface area contributed by atoms with Crippen LogP contribution in [0.15, 0.2) is 67.3 Å². The molecule has 0 aliphatic rings. The van der Waals surface area contributed by atoms with Gasteiger partial charge in [0.25, 0.3) is 5.69 Å². The zero-order chi connectivity index (χ0) is 19.1. The van der Waals surface area contributed by atoms with Crippen LogP contribution in [0.3, 0.4) is 0 Å². The highest BCUT2D eigenvalue weighted by Gasteiger charge is 2.09. The second-order valence-corrected chi connectivity index (χ2v) is 5.78. The van der Waals surface area contributed by atoms with Gasteiger partial charge in [0.2, 0.25) is 5.91 Å². The van der Waals surface area contributed by atoms with E-state index >= 15 is 0 Å². The number of para-hydroxylation sites is 1. The summed E-state index contributed by atoms with van der Waals surface area (Å²) in [5, 5.41) is 17.8. The zero-order valence-electron chi connectivity index (χ0n) is 14.4. The molecule has 0 unspecified atom stereocenters. The first kappa shape index (κ1) is 18.0. The molecule has 0 saturated heterocycles. The smallest absolute Gasteiger partial charge is 0.276 e. The maximum atomic E-state index is 12.0. The molecule has 1 aromatic heterocycles. The van der Waals surface area contributed by atoms with E-state index in [0.717, 1.165) is 11.1 Å². The van der Waals surface area contributed by atoms with Crippen molar-refractivity contribution in [2.24, 2.45) is 0 Å². The molecule has 1 heterocycles. The molecule has 0 fully saturated rings. The van der Waals surface area contributed by atoms with Gasteiger partial charge in [0, 0.05) is 18.7 Å². The monoisotopic (exact) mass is 363 g/mol. The van der Waals surface area contributed by atoms with Crippen LogP contribution in [0.1, 0.15) is 16.7 Å². The molecular formula is C19H17N5O3. The molecule has 0 radical (unpaired) electrons. The van der Waals surface area contributed by atoms with Crippen LogP contribution in [0.5, 0.6) is 0 Å². The molecule has 1 N–H and O–H groups in total. The maximum Gasteiger partial charge on any atom is 0.276 e. The Morgan fingerprint density at radius 1 is 1.19 bits per heavy atom. The maximum absolute atomic E-state index is 12.0. The molecule has 8 heteroatoms. The molecule has 0 atom stereocenters. The first-order valence-electron chi connectivity index (χ1n) is 8.21. The number of nitrogens with one attached hydrogen (secondary N) is 1. The van der Waals surface area contributed by atoms with Gasteiger partial charge in [-0.2, -0.15) is 5.10 Å². The third-order valence-corrected chi connectivity index (χ3v) is 3.82. The van der Waals surface area contributed by atoms with Crippen LogP contribution >= 0.6 is 0 Å². The van der Waals surface area contributed by atoms with Crippen molar-refractivity contribution in [2.45, 2.75) is 13.1 Å². The van der Waals surface area contributed by atoms with Crippen molar-refractivity contribution < 1.29 is 9.72 Å². The van der Waals surface area contributed by atoms with Gasteiger partial charge in [0.05, 0.1) is 17.0 Å². The second-order valence-electron chi connectivity index (χ2n) is 5.78. The molecular weight excluding hydrogens is 346 g/mol. The number of carbonyl (C=O) groups excluding carboxylic acids is 1. The lowest BCUT2D eigenvalue weighted by atomic mass is 10.1. The molecule has 2 aromatic carbocycles. The number of hydrogen-bond donors (Lipinski definition) is 1. The number of nitro groups is 1. The Morgan fingerprint density at radius 2 is 2.00 bits per heavy atom. The molecule has 0 aliphatic carbocycles. The van der Waals surface area contributed by atoms with Crippen LogP contribution in [0, 0.1) is 10.1 Å². The molecule has 8 nitrogen and oxygen atoms in total. The Labute approximate surface area is 155 Å². The number of nitrogens with zero attached hydrogens (tertiary/aromatic N) is 4. The predicted molar refractivity (Wildman–Crippen MR) is 99.5 cm³/mol. The van der Waals surface area contributed by atoms with Crippen molar-refractivity contribution in [1.29, 1.82) is 0 Å². The fraction of sp³-hybridized carbons (Fsp3) is 0.105. The molecule has 3 rings (SSSR count). The molecule has 0 saturated carbocycles. The Balaban J connectivity index is 1.59. The molecule has 0 aliphatic heterocycles. The van der Waals surface area contributed by atoms with Crippen molar-refractivity contribution >= 4 is 17.7 Å². The third-order valence-electron chi connectivity index (χ3n) is 3.82. The van der Waals surface area contributed by atoms with Gasteiger partial charge in [-0.25, -0.2) is 9.67 Å². The molecule has 1 amide bonds. The first-order valence-corrected chi connectivity index (χ1v) is 8.21. The van der Waals surface area contributed by atoms with E-state index in [1.54, 1.807) is 29.2 Å². The normalized spacial score (nSPS) is 10.8. The summed E-state index contributed by atoms with van der Waals surface area (Å²) in [6, 6.07) is 14.0. The summed E-state index contributed by atoms with van der Waals surface area (Å²) in [5.74, 6) is -0.324. The van der Waals surface area contributed by atoms with Crippen LogP contribution in [0.25, 0.3) is 6.08 Å². The van der Waals surface area contributed by atoms with Gasteiger partial charge in [0.15, 0.2) is 0 Å². The van der Waals surface area contributed by atoms with Gasteiger partial charge < -0.3 is 5.32 Å². The SMILES string of the molecule is O=C(C=Cc1ccccc1[N+](=O)[O-])NCc1cccc(Cn2cncn2)c1. The van der Waals surface area contributed by atoms with Gasteiger partial charge >= 0.3 is 0 Å². The molecule has 0 bridgehead atoms. The topological polar surface area (TPSA) is 103 Å². The summed E-state index contributed by atoms with van der Waals surface area (Å²) < 4.78 is 1.72. The van der Waals surface area contributed by atoms with E-state index in [1.807, 2.05) is 24.3 Å². The summed E-state index contributed by atoms with van der Waals surface area (Å²) in [4.78, 5) is 26.4. The summed E-state index contributed by atoms with van der Waals surface area (Å²) in [7, 11) is 0.